The number of carbonyl (C=O) groups is 2. The molecule has 1 aromatic heterocycles. The van der Waals surface area contributed by atoms with Gasteiger partial charge < -0.3 is 4.74 Å². The van der Waals surface area contributed by atoms with Crippen LogP contribution in [0.1, 0.15) is 16.6 Å². The van der Waals surface area contributed by atoms with Gasteiger partial charge in [0.25, 0.3) is 0 Å². The first-order chi connectivity index (χ1) is 7.22. The van der Waals surface area contributed by atoms with Crippen LogP contribution < -0.4 is 4.74 Å². The van der Waals surface area contributed by atoms with Crippen molar-refractivity contribution >= 4 is 33.7 Å². The molecule has 0 aliphatic carbocycles. The van der Waals surface area contributed by atoms with Gasteiger partial charge in [0.15, 0.2) is 12.0 Å². The predicted octanol–water partition coefficient (Wildman–Crippen LogP) is 2.64. The van der Waals surface area contributed by atoms with Crippen molar-refractivity contribution in [3.63, 3.8) is 0 Å². The lowest BCUT2D eigenvalue weighted by Crippen LogP contribution is -2.02. The van der Waals surface area contributed by atoms with E-state index < -0.39 is 5.97 Å². The van der Waals surface area contributed by atoms with Gasteiger partial charge in [-0.15, -0.1) is 11.3 Å². The van der Waals surface area contributed by atoms with Gasteiger partial charge in [-0.1, -0.05) is 12.1 Å². The highest BCUT2D eigenvalue weighted by molar-refractivity contribution is 7.21. The number of hydrogen-bond donors (Lipinski definition) is 0. The van der Waals surface area contributed by atoms with E-state index in [9.17, 15) is 9.59 Å². The summed E-state index contributed by atoms with van der Waals surface area (Å²) in [5, 5.41) is 0.805. The molecule has 0 atom stereocenters. The summed E-state index contributed by atoms with van der Waals surface area (Å²) in [6.45, 7) is 1.32. The van der Waals surface area contributed by atoms with E-state index in [1.165, 1.54) is 18.3 Å². The number of carbonyl (C=O) groups excluding carboxylic acids is 2. The Morgan fingerprint density at radius 2 is 2.13 bits per heavy atom. The molecule has 15 heavy (non-hydrogen) atoms. The van der Waals surface area contributed by atoms with Crippen LogP contribution in [0.2, 0.25) is 0 Å². The van der Waals surface area contributed by atoms with Crippen molar-refractivity contribution in [2.75, 3.05) is 0 Å². The number of benzene rings is 1. The Hall–Kier alpha value is -1.68. The third-order valence-electron chi connectivity index (χ3n) is 1.93. The summed E-state index contributed by atoms with van der Waals surface area (Å²) in [6.07, 6.45) is 0.711. The van der Waals surface area contributed by atoms with E-state index in [4.69, 9.17) is 4.74 Å². The van der Waals surface area contributed by atoms with E-state index in [-0.39, 0.29) is 0 Å². The lowest BCUT2D eigenvalue weighted by molar-refractivity contribution is -0.131. The van der Waals surface area contributed by atoms with Crippen molar-refractivity contribution in [3.8, 4) is 5.75 Å². The average Bonchev–Trinajstić information content (AvgIpc) is 2.56. The number of ether oxygens (including phenoxy) is 1. The first kappa shape index (κ1) is 9.86. The molecule has 1 aromatic carbocycles. The maximum Gasteiger partial charge on any atom is 0.308 e. The largest absolute Gasteiger partial charge is 0.424 e. The van der Waals surface area contributed by atoms with Gasteiger partial charge in [0, 0.05) is 17.0 Å². The molecule has 0 fully saturated rings. The van der Waals surface area contributed by atoms with Crippen LogP contribution in [-0.4, -0.2) is 12.3 Å². The summed E-state index contributed by atoms with van der Waals surface area (Å²) in [6, 6.07) is 7.44. The summed E-state index contributed by atoms with van der Waals surface area (Å²) in [5.41, 5.74) is 0. The highest BCUT2D eigenvalue weighted by atomic mass is 32.1. The Balaban J connectivity index is 2.66. The van der Waals surface area contributed by atoms with E-state index >= 15 is 0 Å². The van der Waals surface area contributed by atoms with Crippen molar-refractivity contribution < 1.29 is 14.3 Å². The van der Waals surface area contributed by atoms with Crippen LogP contribution >= 0.6 is 11.3 Å². The SMILES string of the molecule is CC(=O)Oc1c(C=O)sc2ccccc12. The summed E-state index contributed by atoms with van der Waals surface area (Å²) in [5.74, 6) is -0.0419. The lowest BCUT2D eigenvalue weighted by Gasteiger charge is -1.99. The molecule has 0 saturated carbocycles. The minimum Gasteiger partial charge on any atom is -0.424 e. The topological polar surface area (TPSA) is 43.4 Å². The molecular formula is C11H8O3S. The smallest absolute Gasteiger partial charge is 0.308 e. The minimum absolute atomic E-state index is 0.373. The van der Waals surface area contributed by atoms with E-state index in [0.29, 0.717) is 16.9 Å². The number of aldehydes is 1. The number of hydrogen-bond acceptors (Lipinski definition) is 4. The molecule has 0 amide bonds. The summed E-state index contributed by atoms with van der Waals surface area (Å²) < 4.78 is 5.97. The van der Waals surface area contributed by atoms with Crippen molar-refractivity contribution in [2.45, 2.75) is 6.92 Å². The van der Waals surface area contributed by atoms with Crippen LogP contribution in [0.5, 0.6) is 5.75 Å². The molecule has 1 heterocycles. The Morgan fingerprint density at radius 3 is 2.80 bits per heavy atom. The monoisotopic (exact) mass is 220 g/mol. The van der Waals surface area contributed by atoms with E-state index in [1.54, 1.807) is 0 Å². The third kappa shape index (κ3) is 1.76. The normalized spacial score (nSPS) is 10.2. The zero-order chi connectivity index (χ0) is 10.8. The molecule has 0 saturated heterocycles. The Labute approximate surface area is 90.3 Å². The van der Waals surface area contributed by atoms with Crippen LogP contribution in [0.4, 0.5) is 0 Å². The average molecular weight is 220 g/mol. The van der Waals surface area contributed by atoms with Crippen molar-refractivity contribution in [2.24, 2.45) is 0 Å². The molecule has 4 heteroatoms. The second-order valence-electron chi connectivity index (χ2n) is 3.00. The van der Waals surface area contributed by atoms with Crippen LogP contribution in [0.15, 0.2) is 24.3 Å². The molecule has 0 aliphatic rings. The van der Waals surface area contributed by atoms with Gasteiger partial charge in [-0.2, -0.15) is 0 Å². The number of esters is 1. The fourth-order valence-electron chi connectivity index (χ4n) is 1.37. The number of thiophene rings is 1. The highest BCUT2D eigenvalue weighted by Gasteiger charge is 2.13. The van der Waals surface area contributed by atoms with E-state index in [2.05, 4.69) is 0 Å². The molecule has 76 valence electrons. The third-order valence-corrected chi connectivity index (χ3v) is 3.01. The second kappa shape index (κ2) is 3.82. The fraction of sp³-hybridized carbons (Fsp3) is 0.0909. The van der Waals surface area contributed by atoms with Crippen LogP contribution in [0, 0.1) is 0 Å². The highest BCUT2D eigenvalue weighted by Crippen LogP contribution is 2.36. The molecule has 0 N–H and O–H groups in total. The zero-order valence-electron chi connectivity index (χ0n) is 8.02. The van der Waals surface area contributed by atoms with Crippen LogP contribution in [-0.2, 0) is 4.79 Å². The Kier molecular flexibility index (Phi) is 2.51. The molecule has 0 radical (unpaired) electrons. The predicted molar refractivity (Wildman–Crippen MR) is 58.5 cm³/mol. The van der Waals surface area contributed by atoms with Gasteiger partial charge in [0.05, 0.1) is 0 Å². The minimum atomic E-state index is -0.415. The van der Waals surface area contributed by atoms with Gasteiger partial charge in [0.1, 0.15) is 4.88 Å². The van der Waals surface area contributed by atoms with Gasteiger partial charge in [-0.25, -0.2) is 0 Å². The van der Waals surface area contributed by atoms with Crippen LogP contribution in [0.3, 0.4) is 0 Å². The van der Waals surface area contributed by atoms with Gasteiger partial charge >= 0.3 is 5.97 Å². The fourth-order valence-corrected chi connectivity index (χ4v) is 2.31. The standard InChI is InChI=1S/C11H8O3S/c1-7(13)14-11-8-4-2-3-5-9(8)15-10(11)6-12/h2-6H,1H3. The van der Waals surface area contributed by atoms with Crippen molar-refractivity contribution in [1.82, 2.24) is 0 Å². The van der Waals surface area contributed by atoms with Crippen molar-refractivity contribution in [1.29, 1.82) is 0 Å². The Morgan fingerprint density at radius 1 is 1.40 bits per heavy atom. The van der Waals surface area contributed by atoms with Gasteiger partial charge in [0.2, 0.25) is 0 Å². The van der Waals surface area contributed by atoms with E-state index in [0.717, 1.165) is 10.1 Å². The molecule has 0 unspecified atom stereocenters. The summed E-state index contributed by atoms with van der Waals surface area (Å²) >= 11 is 1.32. The first-order valence-corrected chi connectivity index (χ1v) is 5.19. The second-order valence-corrected chi connectivity index (χ2v) is 4.09. The number of fused-ring (bicyclic) bond motifs is 1. The molecule has 0 bridgehead atoms. The molecule has 2 aromatic rings. The Bertz CT molecular complexity index is 528. The quantitative estimate of drug-likeness (QED) is 0.577. The van der Waals surface area contributed by atoms with Crippen molar-refractivity contribution in [3.05, 3.63) is 29.1 Å². The van der Waals surface area contributed by atoms with Gasteiger partial charge in [-0.3, -0.25) is 9.59 Å². The molecule has 0 aliphatic heterocycles. The molecular weight excluding hydrogens is 212 g/mol. The van der Waals surface area contributed by atoms with Crippen LogP contribution in [0.25, 0.3) is 10.1 Å². The lowest BCUT2D eigenvalue weighted by atomic mass is 10.2. The van der Waals surface area contributed by atoms with E-state index in [1.807, 2.05) is 24.3 Å². The maximum atomic E-state index is 10.9. The summed E-state index contributed by atoms with van der Waals surface area (Å²) in [7, 11) is 0. The molecule has 3 nitrogen and oxygen atoms in total. The molecule has 0 spiro atoms. The maximum absolute atomic E-state index is 10.9. The first-order valence-electron chi connectivity index (χ1n) is 4.37. The van der Waals surface area contributed by atoms with Gasteiger partial charge in [-0.05, 0) is 12.1 Å². The number of rotatable bonds is 2. The summed E-state index contributed by atoms with van der Waals surface area (Å²) in [4.78, 5) is 22.1. The zero-order valence-corrected chi connectivity index (χ0v) is 8.84. The molecule has 2 rings (SSSR count).